The zero-order valence-corrected chi connectivity index (χ0v) is 11.9. The first-order chi connectivity index (χ1) is 10.0. The molecule has 4 N–H and O–H groups in total. The van der Waals surface area contributed by atoms with Gasteiger partial charge in [0.25, 0.3) is 0 Å². The summed E-state index contributed by atoms with van der Waals surface area (Å²) in [6.45, 7) is 0.109. The standard InChI is InChI=1S/C15H14ClN3O2/c16-11-2-1-3-13(8-11)18-9-14(20)19-12-6-4-10(5-7-12)15(17)21/h1-8,18H,9H2,(H2,17,21)(H,19,20). The molecule has 0 aliphatic heterocycles. The number of nitrogens with one attached hydrogen (secondary N) is 2. The molecule has 21 heavy (non-hydrogen) atoms. The SMILES string of the molecule is NC(=O)c1ccc(NC(=O)CNc2cccc(Cl)c2)cc1. The fraction of sp³-hybridized carbons (Fsp3) is 0.0667. The largest absolute Gasteiger partial charge is 0.376 e. The van der Waals surface area contributed by atoms with Gasteiger partial charge < -0.3 is 16.4 Å². The number of amides is 2. The van der Waals surface area contributed by atoms with Crippen molar-refractivity contribution in [3.05, 3.63) is 59.1 Å². The van der Waals surface area contributed by atoms with E-state index in [1.54, 1.807) is 42.5 Å². The van der Waals surface area contributed by atoms with Crippen LogP contribution in [0.1, 0.15) is 10.4 Å². The van der Waals surface area contributed by atoms with Crippen molar-refractivity contribution in [1.82, 2.24) is 0 Å². The van der Waals surface area contributed by atoms with Crippen LogP contribution in [0.4, 0.5) is 11.4 Å². The number of nitrogens with two attached hydrogens (primary N) is 1. The predicted octanol–water partition coefficient (Wildman–Crippen LogP) is 2.49. The van der Waals surface area contributed by atoms with Gasteiger partial charge in [-0.15, -0.1) is 0 Å². The second-order valence-electron chi connectivity index (χ2n) is 4.35. The Labute approximate surface area is 127 Å². The lowest BCUT2D eigenvalue weighted by Gasteiger charge is -2.08. The molecule has 0 atom stereocenters. The van der Waals surface area contributed by atoms with Crippen molar-refractivity contribution in [1.29, 1.82) is 0 Å². The maximum Gasteiger partial charge on any atom is 0.248 e. The number of rotatable bonds is 5. The number of hydrogen-bond donors (Lipinski definition) is 3. The fourth-order valence-corrected chi connectivity index (χ4v) is 1.89. The van der Waals surface area contributed by atoms with Crippen molar-refractivity contribution < 1.29 is 9.59 Å². The van der Waals surface area contributed by atoms with E-state index in [0.717, 1.165) is 5.69 Å². The van der Waals surface area contributed by atoms with Crippen LogP contribution in [0.15, 0.2) is 48.5 Å². The molecule has 0 radical (unpaired) electrons. The summed E-state index contributed by atoms with van der Waals surface area (Å²) in [4.78, 5) is 22.7. The van der Waals surface area contributed by atoms with E-state index in [1.807, 2.05) is 6.07 Å². The second kappa shape index (κ2) is 6.76. The third-order valence-corrected chi connectivity index (χ3v) is 2.97. The molecular weight excluding hydrogens is 290 g/mol. The van der Waals surface area contributed by atoms with Gasteiger partial charge in [0, 0.05) is 22.0 Å². The molecule has 0 bridgehead atoms. The number of hydrogen-bond acceptors (Lipinski definition) is 3. The molecule has 0 unspecified atom stereocenters. The smallest absolute Gasteiger partial charge is 0.248 e. The monoisotopic (exact) mass is 303 g/mol. The second-order valence-corrected chi connectivity index (χ2v) is 4.79. The number of anilines is 2. The average molecular weight is 304 g/mol. The fourth-order valence-electron chi connectivity index (χ4n) is 1.70. The lowest BCUT2D eigenvalue weighted by molar-refractivity contribution is -0.114. The minimum absolute atomic E-state index is 0.109. The van der Waals surface area contributed by atoms with Gasteiger partial charge in [-0.05, 0) is 42.5 Å². The van der Waals surface area contributed by atoms with E-state index < -0.39 is 5.91 Å². The van der Waals surface area contributed by atoms with E-state index in [-0.39, 0.29) is 12.5 Å². The molecule has 0 heterocycles. The third kappa shape index (κ3) is 4.50. The van der Waals surface area contributed by atoms with Crippen molar-refractivity contribution in [2.45, 2.75) is 0 Å². The zero-order valence-electron chi connectivity index (χ0n) is 11.1. The summed E-state index contributed by atoms with van der Waals surface area (Å²) in [6, 6.07) is 13.5. The molecule has 2 rings (SSSR count). The summed E-state index contributed by atoms with van der Waals surface area (Å²) in [5, 5.41) is 6.27. The van der Waals surface area contributed by atoms with Crippen LogP contribution in [0.5, 0.6) is 0 Å². The molecule has 2 aromatic carbocycles. The highest BCUT2D eigenvalue weighted by molar-refractivity contribution is 6.30. The number of benzene rings is 2. The number of primary amides is 1. The lowest BCUT2D eigenvalue weighted by atomic mass is 10.2. The predicted molar refractivity (Wildman–Crippen MR) is 83.5 cm³/mol. The zero-order chi connectivity index (χ0) is 15.2. The molecule has 0 fully saturated rings. The third-order valence-electron chi connectivity index (χ3n) is 2.73. The Bertz CT molecular complexity index is 656. The Morgan fingerprint density at radius 2 is 1.76 bits per heavy atom. The number of halogens is 1. The topological polar surface area (TPSA) is 84.2 Å². The number of carbonyl (C=O) groups excluding carboxylic acids is 2. The van der Waals surface area contributed by atoms with Crippen LogP contribution < -0.4 is 16.4 Å². The Kier molecular flexibility index (Phi) is 4.79. The molecule has 5 nitrogen and oxygen atoms in total. The molecule has 0 saturated heterocycles. The highest BCUT2D eigenvalue weighted by Gasteiger charge is 2.04. The quantitative estimate of drug-likeness (QED) is 0.793. The van der Waals surface area contributed by atoms with E-state index in [2.05, 4.69) is 10.6 Å². The van der Waals surface area contributed by atoms with Crippen LogP contribution in [-0.2, 0) is 4.79 Å². The Balaban J connectivity index is 1.88. The van der Waals surface area contributed by atoms with Crippen LogP contribution in [0.25, 0.3) is 0 Å². The summed E-state index contributed by atoms with van der Waals surface area (Å²) >= 11 is 5.85. The molecule has 6 heteroatoms. The first kappa shape index (κ1) is 14.9. The first-order valence-electron chi connectivity index (χ1n) is 6.24. The Morgan fingerprint density at radius 1 is 1.05 bits per heavy atom. The molecule has 0 saturated carbocycles. The van der Waals surface area contributed by atoms with Gasteiger partial charge in [-0.2, -0.15) is 0 Å². The summed E-state index contributed by atoms with van der Waals surface area (Å²) in [7, 11) is 0. The van der Waals surface area contributed by atoms with Gasteiger partial charge in [0.2, 0.25) is 11.8 Å². The molecule has 0 spiro atoms. The summed E-state index contributed by atoms with van der Waals surface area (Å²) < 4.78 is 0. The van der Waals surface area contributed by atoms with E-state index in [1.165, 1.54) is 0 Å². The molecule has 0 aromatic heterocycles. The van der Waals surface area contributed by atoms with Crippen LogP contribution in [0, 0.1) is 0 Å². The molecule has 0 aliphatic carbocycles. The van der Waals surface area contributed by atoms with Gasteiger partial charge in [0.15, 0.2) is 0 Å². The van der Waals surface area contributed by atoms with Crippen LogP contribution in [0.3, 0.4) is 0 Å². The van der Waals surface area contributed by atoms with E-state index >= 15 is 0 Å². The van der Waals surface area contributed by atoms with Crippen molar-refractivity contribution in [2.24, 2.45) is 5.73 Å². The molecule has 2 aromatic rings. The minimum atomic E-state index is -0.504. The van der Waals surface area contributed by atoms with E-state index in [0.29, 0.717) is 16.3 Å². The maximum atomic E-state index is 11.8. The molecule has 2 amide bonds. The van der Waals surface area contributed by atoms with Gasteiger partial charge in [-0.3, -0.25) is 9.59 Å². The summed E-state index contributed by atoms with van der Waals surface area (Å²) in [5.41, 5.74) is 6.90. The molecule has 0 aliphatic rings. The number of carbonyl (C=O) groups is 2. The van der Waals surface area contributed by atoms with Crippen molar-refractivity contribution >= 4 is 34.8 Å². The van der Waals surface area contributed by atoms with Gasteiger partial charge >= 0.3 is 0 Å². The Hall–Kier alpha value is -2.53. The van der Waals surface area contributed by atoms with Crippen LogP contribution in [-0.4, -0.2) is 18.4 Å². The highest BCUT2D eigenvalue weighted by atomic mass is 35.5. The van der Waals surface area contributed by atoms with Gasteiger partial charge in [0.1, 0.15) is 0 Å². The van der Waals surface area contributed by atoms with Crippen molar-refractivity contribution in [3.63, 3.8) is 0 Å². The summed E-state index contributed by atoms with van der Waals surface area (Å²) in [5.74, 6) is -0.711. The average Bonchev–Trinajstić information content (AvgIpc) is 2.46. The maximum absolute atomic E-state index is 11.8. The van der Waals surface area contributed by atoms with E-state index in [4.69, 9.17) is 17.3 Å². The summed E-state index contributed by atoms with van der Waals surface area (Å²) in [6.07, 6.45) is 0. The van der Waals surface area contributed by atoms with Crippen LogP contribution in [0.2, 0.25) is 5.02 Å². The van der Waals surface area contributed by atoms with Gasteiger partial charge in [-0.25, -0.2) is 0 Å². The van der Waals surface area contributed by atoms with Crippen LogP contribution >= 0.6 is 11.6 Å². The van der Waals surface area contributed by atoms with Crippen molar-refractivity contribution in [3.8, 4) is 0 Å². The molecular formula is C15H14ClN3O2. The van der Waals surface area contributed by atoms with Gasteiger partial charge in [0.05, 0.1) is 6.54 Å². The van der Waals surface area contributed by atoms with E-state index in [9.17, 15) is 9.59 Å². The molecule has 108 valence electrons. The van der Waals surface area contributed by atoms with Gasteiger partial charge in [-0.1, -0.05) is 17.7 Å². The van der Waals surface area contributed by atoms with Crippen molar-refractivity contribution in [2.75, 3.05) is 17.2 Å². The normalized spacial score (nSPS) is 9.95. The minimum Gasteiger partial charge on any atom is -0.376 e. The Morgan fingerprint density at radius 3 is 2.38 bits per heavy atom. The highest BCUT2D eigenvalue weighted by Crippen LogP contribution is 2.14. The lowest BCUT2D eigenvalue weighted by Crippen LogP contribution is -2.21. The first-order valence-corrected chi connectivity index (χ1v) is 6.61.